The average molecular weight is 454 g/mol. The minimum atomic E-state index is -3.66. The first-order chi connectivity index (χ1) is 12.3. The van der Waals surface area contributed by atoms with E-state index < -0.39 is 22.2 Å². The van der Waals surface area contributed by atoms with Gasteiger partial charge in [-0.05, 0) is 36.4 Å². The summed E-state index contributed by atoms with van der Waals surface area (Å²) >= 11 is 4.79. The lowest BCUT2D eigenvalue weighted by Crippen LogP contribution is -2.34. The summed E-state index contributed by atoms with van der Waals surface area (Å²) in [5.41, 5.74) is 2.08. The van der Waals surface area contributed by atoms with Gasteiger partial charge in [0.25, 0.3) is 0 Å². The number of hydrogen-bond acceptors (Lipinski definition) is 4. The number of allylic oxidation sites excluding steroid dienone is 1. The Hall–Kier alpha value is -1.28. The van der Waals surface area contributed by atoms with E-state index in [9.17, 15) is 13.5 Å². The lowest BCUT2D eigenvalue weighted by Gasteiger charge is -2.29. The summed E-state index contributed by atoms with van der Waals surface area (Å²) in [5.74, 6) is -0.105. The monoisotopic (exact) mass is 453 g/mol. The molecule has 26 heavy (non-hydrogen) atoms. The van der Waals surface area contributed by atoms with E-state index in [2.05, 4.69) is 15.9 Å². The van der Waals surface area contributed by atoms with Crippen LogP contribution in [0.25, 0.3) is 0 Å². The smallest absolute Gasteiger partial charge is 0.239 e. The van der Waals surface area contributed by atoms with Crippen LogP contribution in [0.1, 0.15) is 24.1 Å². The molecule has 0 fully saturated rings. The van der Waals surface area contributed by atoms with Crippen LogP contribution in [-0.4, -0.2) is 30.2 Å². The number of thioether (sulfide) groups is 1. The van der Waals surface area contributed by atoms with Crippen LogP contribution in [0.5, 0.6) is 0 Å². The quantitative estimate of drug-likeness (QED) is 0.733. The van der Waals surface area contributed by atoms with Gasteiger partial charge in [-0.15, -0.1) is 11.8 Å². The lowest BCUT2D eigenvalue weighted by atomic mass is 10.0. The van der Waals surface area contributed by atoms with E-state index in [0.717, 1.165) is 15.6 Å². The van der Waals surface area contributed by atoms with Gasteiger partial charge in [0.15, 0.2) is 0 Å². The fourth-order valence-corrected chi connectivity index (χ4v) is 6.22. The van der Waals surface area contributed by atoms with Crippen molar-refractivity contribution in [1.29, 1.82) is 0 Å². The number of sulfonamides is 1. The van der Waals surface area contributed by atoms with E-state index in [0.29, 0.717) is 10.6 Å². The SMILES string of the molecule is CSC1=C(C)N(S(=O)(=O)Cc2ccccc2)C(c2ccc(Br)cc2)C1O. The molecule has 0 spiro atoms. The molecule has 7 heteroatoms. The number of halogens is 1. The second-order valence-corrected chi connectivity index (χ2v) is 9.74. The molecule has 0 saturated carbocycles. The van der Waals surface area contributed by atoms with Crippen molar-refractivity contribution in [3.8, 4) is 0 Å². The van der Waals surface area contributed by atoms with Gasteiger partial charge in [0.05, 0.1) is 5.75 Å². The van der Waals surface area contributed by atoms with E-state index >= 15 is 0 Å². The van der Waals surface area contributed by atoms with Gasteiger partial charge in [-0.2, -0.15) is 0 Å². The van der Waals surface area contributed by atoms with Gasteiger partial charge in [0.1, 0.15) is 12.1 Å². The maximum atomic E-state index is 13.2. The van der Waals surface area contributed by atoms with Crippen molar-refractivity contribution >= 4 is 37.7 Å². The zero-order valence-corrected chi connectivity index (χ0v) is 17.7. The first kappa shape index (κ1) is 19.5. The molecule has 0 radical (unpaired) electrons. The van der Waals surface area contributed by atoms with Crippen LogP contribution in [0.3, 0.4) is 0 Å². The van der Waals surface area contributed by atoms with Gasteiger partial charge in [0, 0.05) is 15.1 Å². The van der Waals surface area contributed by atoms with Gasteiger partial charge >= 0.3 is 0 Å². The normalized spacial score (nSPS) is 20.7. The van der Waals surface area contributed by atoms with Crippen LogP contribution < -0.4 is 0 Å². The Morgan fingerprint density at radius 2 is 1.73 bits per heavy atom. The molecule has 3 rings (SSSR count). The summed E-state index contributed by atoms with van der Waals surface area (Å²) in [4.78, 5) is 0.689. The predicted octanol–water partition coefficient (Wildman–Crippen LogP) is 4.29. The highest BCUT2D eigenvalue weighted by molar-refractivity contribution is 9.10. The maximum Gasteiger partial charge on any atom is 0.239 e. The Labute approximate surface area is 167 Å². The van der Waals surface area contributed by atoms with Gasteiger partial charge in [-0.1, -0.05) is 58.4 Å². The van der Waals surface area contributed by atoms with Crippen molar-refractivity contribution < 1.29 is 13.5 Å². The molecular formula is C19H20BrNO3S2. The summed E-state index contributed by atoms with van der Waals surface area (Å²) in [7, 11) is -3.66. The minimum absolute atomic E-state index is 0.105. The number of aliphatic hydroxyl groups excluding tert-OH is 1. The van der Waals surface area contributed by atoms with E-state index in [1.54, 1.807) is 19.1 Å². The summed E-state index contributed by atoms with van der Waals surface area (Å²) < 4.78 is 28.8. The molecule has 2 atom stereocenters. The Balaban J connectivity index is 2.04. The van der Waals surface area contributed by atoms with Crippen LogP contribution >= 0.6 is 27.7 Å². The van der Waals surface area contributed by atoms with E-state index in [1.807, 2.05) is 48.7 Å². The first-order valence-electron chi connectivity index (χ1n) is 8.09. The van der Waals surface area contributed by atoms with Gasteiger partial charge < -0.3 is 5.11 Å². The third kappa shape index (κ3) is 3.71. The fraction of sp³-hybridized carbons (Fsp3) is 0.263. The average Bonchev–Trinajstić information content (AvgIpc) is 2.87. The molecule has 1 N–H and O–H groups in total. The molecule has 1 heterocycles. The van der Waals surface area contributed by atoms with Gasteiger partial charge in [-0.25, -0.2) is 8.42 Å². The second-order valence-electron chi connectivity index (χ2n) is 6.13. The Morgan fingerprint density at radius 1 is 1.12 bits per heavy atom. The van der Waals surface area contributed by atoms with Crippen molar-refractivity contribution in [1.82, 2.24) is 4.31 Å². The molecule has 0 aromatic heterocycles. The largest absolute Gasteiger partial charge is 0.385 e. The van der Waals surface area contributed by atoms with E-state index in [1.165, 1.54) is 16.1 Å². The van der Waals surface area contributed by atoms with Crippen LogP contribution in [-0.2, 0) is 15.8 Å². The highest BCUT2D eigenvalue weighted by Gasteiger charge is 2.44. The molecule has 2 unspecified atom stereocenters. The number of rotatable bonds is 5. The van der Waals surface area contributed by atoms with E-state index in [4.69, 9.17) is 0 Å². The molecule has 1 aliphatic heterocycles. The van der Waals surface area contributed by atoms with Crippen molar-refractivity contribution in [2.24, 2.45) is 0 Å². The molecule has 0 saturated heterocycles. The molecular weight excluding hydrogens is 434 g/mol. The molecule has 1 aliphatic rings. The third-order valence-electron chi connectivity index (χ3n) is 4.43. The van der Waals surface area contributed by atoms with Crippen LogP contribution in [0.15, 0.2) is 69.7 Å². The zero-order chi connectivity index (χ0) is 18.9. The summed E-state index contributed by atoms with van der Waals surface area (Å²) in [6.45, 7) is 1.76. The molecule has 0 amide bonds. The first-order valence-corrected chi connectivity index (χ1v) is 11.7. The maximum absolute atomic E-state index is 13.2. The van der Waals surface area contributed by atoms with Crippen LogP contribution in [0.4, 0.5) is 0 Å². The minimum Gasteiger partial charge on any atom is -0.385 e. The van der Waals surface area contributed by atoms with Gasteiger partial charge in [-0.3, -0.25) is 4.31 Å². The molecule has 4 nitrogen and oxygen atoms in total. The standard InChI is InChI=1S/C19H20BrNO3S2/c1-13-19(25-2)18(22)17(15-8-10-16(20)11-9-15)21(13)26(23,24)12-14-6-4-3-5-7-14/h3-11,17-18,22H,12H2,1-2H3. The molecule has 0 aliphatic carbocycles. The van der Waals surface area contributed by atoms with Crippen molar-refractivity contribution in [3.63, 3.8) is 0 Å². The highest BCUT2D eigenvalue weighted by atomic mass is 79.9. The Bertz CT molecular complexity index is 912. The Morgan fingerprint density at radius 3 is 2.31 bits per heavy atom. The van der Waals surface area contributed by atoms with Crippen molar-refractivity contribution in [2.75, 3.05) is 6.26 Å². The zero-order valence-electron chi connectivity index (χ0n) is 14.5. The van der Waals surface area contributed by atoms with E-state index in [-0.39, 0.29) is 5.75 Å². The van der Waals surface area contributed by atoms with Crippen molar-refractivity contribution in [3.05, 3.63) is 80.8 Å². The third-order valence-corrected chi connectivity index (χ3v) is 7.73. The lowest BCUT2D eigenvalue weighted by molar-refractivity contribution is 0.161. The Kier molecular flexibility index (Phi) is 5.81. The molecule has 138 valence electrons. The van der Waals surface area contributed by atoms with Gasteiger partial charge in [0.2, 0.25) is 10.0 Å². The van der Waals surface area contributed by atoms with Crippen LogP contribution in [0.2, 0.25) is 0 Å². The predicted molar refractivity (Wildman–Crippen MR) is 110 cm³/mol. The highest BCUT2D eigenvalue weighted by Crippen LogP contribution is 2.45. The van der Waals surface area contributed by atoms with Crippen LogP contribution in [0, 0.1) is 0 Å². The fourth-order valence-electron chi connectivity index (χ4n) is 3.29. The summed E-state index contributed by atoms with van der Waals surface area (Å²) in [5, 5.41) is 10.8. The number of aliphatic hydroxyl groups is 1. The summed E-state index contributed by atoms with van der Waals surface area (Å²) in [6.07, 6.45) is 0.977. The number of benzene rings is 2. The van der Waals surface area contributed by atoms with Crippen molar-refractivity contribution in [2.45, 2.75) is 24.8 Å². The molecule has 0 bridgehead atoms. The molecule has 2 aromatic rings. The molecule has 2 aromatic carbocycles. The summed E-state index contributed by atoms with van der Waals surface area (Å²) in [6, 6.07) is 15.9. The number of hydrogen-bond donors (Lipinski definition) is 1. The second kappa shape index (κ2) is 7.76. The topological polar surface area (TPSA) is 57.6 Å². The number of nitrogens with zero attached hydrogens (tertiary/aromatic N) is 1.